The van der Waals surface area contributed by atoms with Gasteiger partial charge in [-0.25, -0.2) is 13.6 Å². The van der Waals surface area contributed by atoms with Crippen LogP contribution in [0.25, 0.3) is 0 Å². The molecule has 1 amide bonds. The first-order valence-corrected chi connectivity index (χ1v) is 7.83. The number of aromatic nitrogens is 2. The topological polar surface area (TPSA) is 136 Å². The van der Waals surface area contributed by atoms with E-state index in [1.165, 1.54) is 15.8 Å². The number of hydrogen-bond acceptors (Lipinski definition) is 5. The Labute approximate surface area is 122 Å². The van der Waals surface area contributed by atoms with Gasteiger partial charge in [-0.05, 0) is 6.42 Å². The van der Waals surface area contributed by atoms with Gasteiger partial charge in [0, 0.05) is 25.7 Å². The Morgan fingerprint density at radius 2 is 2.14 bits per heavy atom. The van der Waals surface area contributed by atoms with E-state index in [2.05, 4.69) is 5.10 Å². The minimum absolute atomic E-state index is 0.0268. The van der Waals surface area contributed by atoms with Gasteiger partial charge < -0.3 is 10.0 Å². The maximum absolute atomic E-state index is 11.9. The first-order chi connectivity index (χ1) is 9.74. The number of carboxylic acids is 1. The molecule has 1 heterocycles. The van der Waals surface area contributed by atoms with Gasteiger partial charge in [0.25, 0.3) is 0 Å². The second-order valence-corrected chi connectivity index (χ2v) is 6.00. The number of aliphatic carboxylic acids is 1. The van der Waals surface area contributed by atoms with Crippen LogP contribution in [0.15, 0.2) is 17.3 Å². The second-order valence-electron chi connectivity index (χ2n) is 4.44. The largest absolute Gasteiger partial charge is 0.480 e. The predicted octanol–water partition coefficient (Wildman–Crippen LogP) is -0.756. The summed E-state index contributed by atoms with van der Waals surface area (Å²) < 4.78 is 23.4. The molecule has 1 aromatic rings. The van der Waals surface area contributed by atoms with Crippen molar-refractivity contribution in [2.75, 3.05) is 13.1 Å². The summed E-state index contributed by atoms with van der Waals surface area (Å²) in [6, 6.07) is 0. The molecule has 0 aliphatic heterocycles. The van der Waals surface area contributed by atoms with Crippen molar-refractivity contribution in [3.05, 3.63) is 12.4 Å². The molecule has 0 fully saturated rings. The summed E-state index contributed by atoms with van der Waals surface area (Å²) in [7, 11) is -3.82. The van der Waals surface area contributed by atoms with Crippen molar-refractivity contribution < 1.29 is 23.1 Å². The fourth-order valence-electron chi connectivity index (χ4n) is 1.71. The molecule has 1 rings (SSSR count). The monoisotopic (exact) mass is 318 g/mol. The van der Waals surface area contributed by atoms with E-state index < -0.39 is 16.0 Å². The van der Waals surface area contributed by atoms with Crippen molar-refractivity contribution in [1.82, 2.24) is 14.7 Å². The van der Waals surface area contributed by atoms with Crippen LogP contribution in [0.3, 0.4) is 0 Å². The molecule has 10 heteroatoms. The number of aryl methyl sites for hydroxylation is 1. The molecule has 0 bridgehead atoms. The van der Waals surface area contributed by atoms with E-state index in [4.69, 9.17) is 10.2 Å². The van der Waals surface area contributed by atoms with Crippen LogP contribution >= 0.6 is 0 Å². The zero-order chi connectivity index (χ0) is 16.0. The third kappa shape index (κ3) is 5.52. The van der Waals surface area contributed by atoms with E-state index in [1.807, 2.05) is 6.92 Å². The second kappa shape index (κ2) is 7.18. The molecule has 0 atom stereocenters. The van der Waals surface area contributed by atoms with Crippen LogP contribution in [0.5, 0.6) is 0 Å². The van der Waals surface area contributed by atoms with E-state index in [0.717, 1.165) is 6.20 Å². The number of amides is 1. The lowest BCUT2D eigenvalue weighted by Gasteiger charge is -2.19. The molecular formula is C11H18N4O5S. The zero-order valence-electron chi connectivity index (χ0n) is 11.6. The smallest absolute Gasteiger partial charge is 0.323 e. The van der Waals surface area contributed by atoms with Crippen LogP contribution in [-0.4, -0.2) is 53.2 Å². The lowest BCUT2D eigenvalue weighted by Crippen LogP contribution is -2.36. The van der Waals surface area contributed by atoms with Crippen molar-refractivity contribution in [3.63, 3.8) is 0 Å². The van der Waals surface area contributed by atoms with Gasteiger partial charge in [-0.15, -0.1) is 0 Å². The molecule has 9 nitrogen and oxygen atoms in total. The number of carbonyl (C=O) groups is 2. The fraction of sp³-hybridized carbons (Fsp3) is 0.545. The number of primary sulfonamides is 1. The lowest BCUT2D eigenvalue weighted by molar-refractivity contribution is -0.144. The first-order valence-electron chi connectivity index (χ1n) is 6.29. The van der Waals surface area contributed by atoms with E-state index in [9.17, 15) is 18.0 Å². The quantitative estimate of drug-likeness (QED) is 0.647. The Balaban J connectivity index is 2.62. The highest BCUT2D eigenvalue weighted by Gasteiger charge is 2.16. The lowest BCUT2D eigenvalue weighted by atomic mass is 10.3. The number of carbonyl (C=O) groups excluding carboxylic acids is 1. The van der Waals surface area contributed by atoms with Crippen molar-refractivity contribution in [1.29, 1.82) is 0 Å². The SMILES string of the molecule is CCCN(CC(=O)O)C(=O)CCn1cc(S(N)(=O)=O)cn1. The van der Waals surface area contributed by atoms with Gasteiger partial charge >= 0.3 is 5.97 Å². The molecule has 21 heavy (non-hydrogen) atoms. The van der Waals surface area contributed by atoms with E-state index >= 15 is 0 Å². The van der Waals surface area contributed by atoms with E-state index in [-0.39, 0.29) is 30.3 Å². The van der Waals surface area contributed by atoms with Crippen LogP contribution in [0.4, 0.5) is 0 Å². The Morgan fingerprint density at radius 3 is 2.62 bits per heavy atom. The molecule has 0 aromatic carbocycles. The van der Waals surface area contributed by atoms with Crippen LogP contribution < -0.4 is 5.14 Å². The number of sulfonamides is 1. The van der Waals surface area contributed by atoms with Crippen molar-refractivity contribution >= 4 is 21.9 Å². The average molecular weight is 318 g/mol. The fourth-order valence-corrected chi connectivity index (χ4v) is 2.17. The molecule has 0 saturated heterocycles. The average Bonchev–Trinajstić information content (AvgIpc) is 2.83. The summed E-state index contributed by atoms with van der Waals surface area (Å²) in [6.07, 6.45) is 3.00. The van der Waals surface area contributed by atoms with Gasteiger partial charge in [0.1, 0.15) is 11.4 Å². The number of rotatable bonds is 8. The Hall–Kier alpha value is -1.94. The number of hydrogen-bond donors (Lipinski definition) is 2. The summed E-state index contributed by atoms with van der Waals surface area (Å²) >= 11 is 0. The highest BCUT2D eigenvalue weighted by Crippen LogP contribution is 2.05. The van der Waals surface area contributed by atoms with Crippen LogP contribution in [0.2, 0.25) is 0 Å². The molecular weight excluding hydrogens is 300 g/mol. The van der Waals surface area contributed by atoms with Crippen molar-refractivity contribution in [2.24, 2.45) is 5.14 Å². The summed E-state index contributed by atoms with van der Waals surface area (Å²) in [5.74, 6) is -1.40. The third-order valence-corrected chi connectivity index (χ3v) is 3.53. The Bertz CT molecular complexity index is 610. The number of nitrogens with zero attached hydrogens (tertiary/aromatic N) is 3. The molecule has 0 radical (unpaired) electrons. The Morgan fingerprint density at radius 1 is 1.48 bits per heavy atom. The third-order valence-electron chi connectivity index (χ3n) is 2.67. The first kappa shape index (κ1) is 17.1. The summed E-state index contributed by atoms with van der Waals surface area (Å²) in [4.78, 5) is 23.7. The van der Waals surface area contributed by atoms with Gasteiger partial charge in [0.15, 0.2) is 0 Å². The predicted molar refractivity (Wildman–Crippen MR) is 72.7 cm³/mol. The van der Waals surface area contributed by atoms with Crippen LogP contribution in [-0.2, 0) is 26.2 Å². The summed E-state index contributed by atoms with van der Waals surface area (Å²) in [5.41, 5.74) is 0. The minimum atomic E-state index is -3.82. The molecule has 0 saturated carbocycles. The number of nitrogens with two attached hydrogens (primary N) is 1. The van der Waals surface area contributed by atoms with E-state index in [0.29, 0.717) is 13.0 Å². The van der Waals surface area contributed by atoms with Gasteiger partial charge in [-0.1, -0.05) is 6.92 Å². The zero-order valence-corrected chi connectivity index (χ0v) is 12.4. The van der Waals surface area contributed by atoms with Crippen molar-refractivity contribution in [3.8, 4) is 0 Å². The van der Waals surface area contributed by atoms with Crippen LogP contribution in [0.1, 0.15) is 19.8 Å². The Kier molecular flexibility index (Phi) is 5.85. The molecule has 0 aliphatic carbocycles. The van der Waals surface area contributed by atoms with Gasteiger partial charge in [-0.3, -0.25) is 14.3 Å². The standard InChI is InChI=1S/C11H18N4O5S/c1-2-4-14(8-11(17)18)10(16)3-5-15-7-9(6-13-15)21(12,19)20/h6-7H,2-5,8H2,1H3,(H,17,18)(H2,12,19,20). The molecule has 1 aromatic heterocycles. The highest BCUT2D eigenvalue weighted by atomic mass is 32.2. The van der Waals surface area contributed by atoms with Gasteiger partial charge in [-0.2, -0.15) is 5.10 Å². The van der Waals surface area contributed by atoms with Crippen molar-refractivity contribution in [2.45, 2.75) is 31.2 Å². The molecule has 118 valence electrons. The minimum Gasteiger partial charge on any atom is -0.480 e. The molecule has 0 unspecified atom stereocenters. The summed E-state index contributed by atoms with van der Waals surface area (Å²) in [6.45, 7) is 1.99. The molecule has 0 aliphatic rings. The summed E-state index contributed by atoms with van der Waals surface area (Å²) in [5, 5.41) is 17.5. The van der Waals surface area contributed by atoms with E-state index in [1.54, 1.807) is 0 Å². The highest BCUT2D eigenvalue weighted by molar-refractivity contribution is 7.89. The number of carboxylic acid groups (broad SMARTS) is 1. The maximum atomic E-state index is 11.9. The molecule has 3 N–H and O–H groups in total. The molecule has 0 spiro atoms. The van der Waals surface area contributed by atoms with Gasteiger partial charge in [0.05, 0.1) is 6.20 Å². The van der Waals surface area contributed by atoms with Crippen LogP contribution in [0, 0.1) is 0 Å². The maximum Gasteiger partial charge on any atom is 0.323 e. The van der Waals surface area contributed by atoms with Gasteiger partial charge in [0.2, 0.25) is 15.9 Å². The normalized spacial score (nSPS) is 11.3.